The van der Waals surface area contributed by atoms with Crippen LogP contribution in [0.2, 0.25) is 0 Å². The maximum absolute atomic E-state index is 14.1. The average Bonchev–Trinajstić information content (AvgIpc) is 3.66. The fourth-order valence-corrected chi connectivity index (χ4v) is 8.14. The fourth-order valence-electron chi connectivity index (χ4n) is 8.14. The summed E-state index contributed by atoms with van der Waals surface area (Å²) in [7, 11) is 1.46. The molecule has 5 aromatic rings. The Morgan fingerprint density at radius 3 is 2.00 bits per heavy atom. The van der Waals surface area contributed by atoms with Crippen LogP contribution in [-0.4, -0.2) is 74.0 Å². The van der Waals surface area contributed by atoms with Gasteiger partial charge in [0.1, 0.15) is 31.1 Å². The van der Waals surface area contributed by atoms with Crippen molar-refractivity contribution in [2.75, 3.05) is 26.9 Å². The molecule has 66 heavy (non-hydrogen) atoms. The van der Waals surface area contributed by atoms with Crippen molar-refractivity contribution >= 4 is 23.9 Å². The number of carbonyl (C=O) groups excluding carboxylic acids is 4. The summed E-state index contributed by atoms with van der Waals surface area (Å²) in [5.41, 5.74) is 6.79. The third-order valence-corrected chi connectivity index (χ3v) is 11.5. The van der Waals surface area contributed by atoms with E-state index in [1.54, 1.807) is 36.4 Å². The number of carbonyl (C=O) groups is 4. The number of hydrogen-bond acceptors (Lipinski definition) is 9. The van der Waals surface area contributed by atoms with E-state index >= 15 is 0 Å². The van der Waals surface area contributed by atoms with Gasteiger partial charge < -0.3 is 40.0 Å². The van der Waals surface area contributed by atoms with Gasteiger partial charge >= 0.3 is 12.1 Å². The Bertz CT molecular complexity index is 2330. The van der Waals surface area contributed by atoms with Gasteiger partial charge in [0.05, 0.1) is 31.2 Å². The normalized spacial score (nSPS) is 13.9. The third-order valence-electron chi connectivity index (χ3n) is 11.5. The molecule has 5 atom stereocenters. The van der Waals surface area contributed by atoms with Crippen LogP contribution in [0.15, 0.2) is 159 Å². The van der Waals surface area contributed by atoms with Crippen molar-refractivity contribution in [2.24, 2.45) is 5.92 Å². The van der Waals surface area contributed by atoms with Gasteiger partial charge in [0, 0.05) is 19.4 Å². The van der Waals surface area contributed by atoms with Crippen LogP contribution >= 0.6 is 0 Å². The number of alkyl carbamates (subject to hydrolysis) is 1. The molecule has 6 rings (SSSR count). The van der Waals surface area contributed by atoms with Gasteiger partial charge in [0.15, 0.2) is 0 Å². The number of aliphatic hydroxyl groups is 1. The summed E-state index contributed by atoms with van der Waals surface area (Å²) in [4.78, 5) is 55.1. The Kier molecular flexibility index (Phi) is 18.3. The van der Waals surface area contributed by atoms with Gasteiger partial charge in [-0.3, -0.25) is 9.59 Å². The molecule has 0 unspecified atom stereocenters. The minimum absolute atomic E-state index is 0.0573. The second-order valence-corrected chi connectivity index (χ2v) is 16.2. The molecule has 1 aliphatic rings. The van der Waals surface area contributed by atoms with Crippen LogP contribution in [0.3, 0.4) is 0 Å². The molecule has 0 saturated heterocycles. The number of amides is 3. The Morgan fingerprint density at radius 2 is 1.38 bits per heavy atom. The highest BCUT2D eigenvalue weighted by molar-refractivity contribution is 5.86. The van der Waals surface area contributed by atoms with E-state index in [0.717, 1.165) is 33.4 Å². The van der Waals surface area contributed by atoms with Crippen LogP contribution in [0.1, 0.15) is 65.5 Å². The van der Waals surface area contributed by atoms with Gasteiger partial charge in [-0.15, -0.1) is 13.2 Å². The number of hydrogen-bond donors (Lipinski definition) is 4. The molecule has 12 nitrogen and oxygen atoms in total. The molecule has 0 bridgehead atoms. The molecule has 3 amide bonds. The first kappa shape index (κ1) is 48.4. The van der Waals surface area contributed by atoms with Crippen LogP contribution in [0.4, 0.5) is 4.79 Å². The molecule has 12 heteroatoms. The zero-order valence-corrected chi connectivity index (χ0v) is 37.3. The molecule has 0 saturated carbocycles. The monoisotopic (exact) mass is 893 g/mol. The molecule has 344 valence electrons. The zero-order chi connectivity index (χ0) is 46.7. The number of methoxy groups -OCH3 is 1. The number of ether oxygens (including phenoxy) is 4. The first-order valence-corrected chi connectivity index (χ1v) is 22.2. The number of esters is 1. The highest BCUT2D eigenvalue weighted by Gasteiger charge is 2.35. The van der Waals surface area contributed by atoms with Crippen molar-refractivity contribution in [1.82, 2.24) is 16.0 Å². The molecular weight excluding hydrogens is 835 g/mol. The predicted octanol–water partition coefficient (Wildman–Crippen LogP) is 8.16. The summed E-state index contributed by atoms with van der Waals surface area (Å²) in [6, 6.07) is 39.6. The number of nitrogens with one attached hydrogen (secondary N) is 3. The largest absolute Gasteiger partial charge is 0.489 e. The lowest BCUT2D eigenvalue weighted by Crippen LogP contribution is -2.49. The second kappa shape index (κ2) is 24.9. The topological polar surface area (TPSA) is 162 Å². The van der Waals surface area contributed by atoms with Crippen LogP contribution in [0.25, 0.3) is 11.1 Å². The van der Waals surface area contributed by atoms with Gasteiger partial charge in [0.2, 0.25) is 11.8 Å². The van der Waals surface area contributed by atoms with Crippen LogP contribution in [-0.2, 0) is 41.6 Å². The van der Waals surface area contributed by atoms with Crippen LogP contribution < -0.4 is 20.7 Å². The third kappa shape index (κ3) is 13.5. The van der Waals surface area contributed by atoms with E-state index in [2.05, 4.69) is 41.2 Å². The predicted molar refractivity (Wildman–Crippen MR) is 253 cm³/mol. The van der Waals surface area contributed by atoms with Gasteiger partial charge in [-0.05, 0) is 76.8 Å². The van der Waals surface area contributed by atoms with E-state index in [1.807, 2.05) is 97.1 Å². The van der Waals surface area contributed by atoms with Crippen molar-refractivity contribution < 1.29 is 43.2 Å². The number of benzene rings is 5. The standard InChI is InChI=1S/C54H59N3O9/c1-4-6-26-48(57-54(62)65-35-47-45-24-15-13-22-43(45)44-23-14-16-25-46(44)47)53(61)66-51(39-20-11-8-12-21-39)49(36-63-3)56-52(60)40(17-5-2)32-50(59)55-41(33-58)31-37-27-29-42(30-28-37)64-34-38-18-9-7-10-19-38/h4-5,7-16,18-25,27-30,40-41,47-49,51,58H,1-2,6,17,26,31-36H2,3H3,(H,55,59)(H,56,60)(H,57,62)/t40-,41-,48-,49-,51-/m0/s1. The first-order chi connectivity index (χ1) is 32.2. The minimum Gasteiger partial charge on any atom is -0.489 e. The molecule has 0 aromatic heterocycles. The van der Waals surface area contributed by atoms with E-state index in [4.69, 9.17) is 18.9 Å². The van der Waals surface area contributed by atoms with E-state index in [9.17, 15) is 24.3 Å². The van der Waals surface area contributed by atoms with Crippen molar-refractivity contribution in [1.29, 1.82) is 0 Å². The number of fused-ring (bicyclic) bond motifs is 3. The Balaban J connectivity index is 1.08. The van der Waals surface area contributed by atoms with E-state index in [1.165, 1.54) is 7.11 Å². The van der Waals surface area contributed by atoms with Crippen LogP contribution in [0, 0.1) is 5.92 Å². The average molecular weight is 894 g/mol. The quantitative estimate of drug-likeness (QED) is 0.0335. The summed E-state index contributed by atoms with van der Waals surface area (Å²) in [6.07, 6.45) is 2.22. The molecule has 4 N–H and O–H groups in total. The smallest absolute Gasteiger partial charge is 0.407 e. The van der Waals surface area contributed by atoms with Crippen LogP contribution in [0.5, 0.6) is 5.75 Å². The first-order valence-electron chi connectivity index (χ1n) is 22.2. The molecule has 0 heterocycles. The Hall–Kier alpha value is -7.02. The molecule has 0 aliphatic heterocycles. The van der Waals surface area contributed by atoms with Crippen molar-refractivity contribution in [3.63, 3.8) is 0 Å². The lowest BCUT2D eigenvalue weighted by atomic mass is 9.97. The van der Waals surface area contributed by atoms with E-state index in [-0.39, 0.29) is 45.0 Å². The molecule has 5 aromatic carbocycles. The molecule has 1 aliphatic carbocycles. The van der Waals surface area contributed by atoms with Crippen molar-refractivity contribution in [3.8, 4) is 16.9 Å². The summed E-state index contributed by atoms with van der Waals surface area (Å²) in [5, 5.41) is 18.8. The summed E-state index contributed by atoms with van der Waals surface area (Å²) in [6.45, 7) is 7.71. The van der Waals surface area contributed by atoms with Gasteiger partial charge in [0.25, 0.3) is 0 Å². The highest BCUT2D eigenvalue weighted by atomic mass is 16.6. The number of aliphatic hydroxyl groups excluding tert-OH is 1. The molecular formula is C54H59N3O9. The van der Waals surface area contributed by atoms with Gasteiger partial charge in [-0.25, -0.2) is 9.59 Å². The second-order valence-electron chi connectivity index (χ2n) is 16.2. The SMILES string of the molecule is C=CCC[C@H](NC(=O)OCC1c2ccccc2-c2ccccc21)C(=O)O[C@@H](c1ccccc1)[C@H](COC)NC(=O)[C@@H](CC=C)CC(=O)N[C@H](CO)Cc1ccc(OCc2ccccc2)cc1. The fraction of sp³-hybridized carbons (Fsp3) is 0.296. The summed E-state index contributed by atoms with van der Waals surface area (Å²) >= 11 is 0. The van der Waals surface area contributed by atoms with E-state index < -0.39 is 54.0 Å². The Labute approximate surface area is 387 Å². The number of allylic oxidation sites excluding steroid dienone is 2. The van der Waals surface area contributed by atoms with Crippen molar-refractivity contribution in [2.45, 2.75) is 68.9 Å². The maximum atomic E-state index is 14.1. The summed E-state index contributed by atoms with van der Waals surface area (Å²) in [5.74, 6) is -2.01. The zero-order valence-electron chi connectivity index (χ0n) is 37.3. The lowest BCUT2D eigenvalue weighted by molar-refractivity contribution is -0.155. The lowest BCUT2D eigenvalue weighted by Gasteiger charge is -2.30. The Morgan fingerprint density at radius 1 is 0.742 bits per heavy atom. The molecule has 0 radical (unpaired) electrons. The number of rotatable bonds is 25. The molecule has 0 fully saturated rings. The van der Waals surface area contributed by atoms with Gasteiger partial charge in [-0.2, -0.15) is 0 Å². The maximum Gasteiger partial charge on any atom is 0.407 e. The highest BCUT2D eigenvalue weighted by Crippen LogP contribution is 2.44. The summed E-state index contributed by atoms with van der Waals surface area (Å²) < 4.78 is 23.4. The van der Waals surface area contributed by atoms with Gasteiger partial charge in [-0.1, -0.05) is 133 Å². The van der Waals surface area contributed by atoms with Crippen molar-refractivity contribution in [3.05, 3.63) is 187 Å². The molecule has 0 spiro atoms. The minimum atomic E-state index is -1.12. The van der Waals surface area contributed by atoms with E-state index in [0.29, 0.717) is 30.8 Å².